The van der Waals surface area contributed by atoms with Gasteiger partial charge in [0.25, 0.3) is 0 Å². The number of hydrogen-bond donors (Lipinski definition) is 1. The molecule has 1 atom stereocenters. The van der Waals surface area contributed by atoms with E-state index < -0.39 is 12.1 Å². The summed E-state index contributed by atoms with van der Waals surface area (Å²) >= 11 is 0. The van der Waals surface area contributed by atoms with E-state index in [0.717, 1.165) is 54.4 Å². The van der Waals surface area contributed by atoms with E-state index in [1.807, 2.05) is 60.7 Å². The molecule has 1 aliphatic rings. The fraction of sp³-hybridized carbons (Fsp3) is 0.278. The van der Waals surface area contributed by atoms with Crippen molar-refractivity contribution >= 4 is 11.9 Å². The minimum Gasteiger partial charge on any atom is -0.491 e. The number of rotatable bonds is 10. The molecule has 1 aliphatic carbocycles. The highest BCUT2D eigenvalue weighted by molar-refractivity contribution is 5.92. The zero-order chi connectivity index (χ0) is 29.5. The van der Waals surface area contributed by atoms with Crippen molar-refractivity contribution in [1.29, 1.82) is 0 Å². The summed E-state index contributed by atoms with van der Waals surface area (Å²) in [5.74, 6) is 0.428. The molecule has 1 N–H and O–H groups in total. The van der Waals surface area contributed by atoms with Gasteiger partial charge in [-0.25, -0.2) is 9.59 Å². The molecule has 42 heavy (non-hydrogen) atoms. The Balaban J connectivity index is 1.17. The van der Waals surface area contributed by atoms with Gasteiger partial charge in [-0.1, -0.05) is 55.5 Å². The molecule has 0 bridgehead atoms. The van der Waals surface area contributed by atoms with E-state index in [1.54, 1.807) is 43.3 Å². The van der Waals surface area contributed by atoms with Crippen LogP contribution < -0.4 is 9.47 Å². The second-order valence-electron chi connectivity index (χ2n) is 10.9. The average molecular weight is 565 g/mol. The molecule has 0 amide bonds. The number of carbonyl (C=O) groups is 2. The third-order valence-corrected chi connectivity index (χ3v) is 7.79. The SMILES string of the molecule is CCC1(OC(=O)c2ccc(-c3ccc(OC(=O)c4ccc(-c5ccc(OCC(C)O)cc5)cc4)cc3)cc2)CCCC1. The van der Waals surface area contributed by atoms with Gasteiger partial charge in [0.1, 0.15) is 23.7 Å². The van der Waals surface area contributed by atoms with Crippen molar-refractivity contribution in [1.82, 2.24) is 0 Å². The number of esters is 2. The Bertz CT molecular complexity index is 1480. The second-order valence-corrected chi connectivity index (χ2v) is 10.9. The first-order chi connectivity index (χ1) is 20.3. The van der Waals surface area contributed by atoms with Gasteiger partial charge in [0.05, 0.1) is 17.2 Å². The summed E-state index contributed by atoms with van der Waals surface area (Å²) < 4.78 is 17.0. The standard InChI is InChI=1S/C36H36O6/c1-3-36(22-4-5-23-36)42-35(39)31-12-8-27(9-13-31)29-16-20-33(21-17-29)41-34(38)30-10-6-26(7-11-30)28-14-18-32(19-15-28)40-24-25(2)37/h6-21,25,37H,3-5,22-24H2,1-2H3. The Morgan fingerprint density at radius 1 is 0.690 bits per heavy atom. The molecule has 0 aliphatic heterocycles. The van der Waals surface area contributed by atoms with Crippen LogP contribution in [0.1, 0.15) is 66.7 Å². The van der Waals surface area contributed by atoms with Crippen molar-refractivity contribution in [3.8, 4) is 33.8 Å². The summed E-state index contributed by atoms with van der Waals surface area (Å²) in [6, 6.07) is 29.5. The van der Waals surface area contributed by atoms with Crippen molar-refractivity contribution in [3.05, 3.63) is 108 Å². The van der Waals surface area contributed by atoms with Crippen molar-refractivity contribution in [2.75, 3.05) is 6.61 Å². The van der Waals surface area contributed by atoms with E-state index in [2.05, 4.69) is 6.92 Å². The van der Waals surface area contributed by atoms with E-state index >= 15 is 0 Å². The molecular formula is C36H36O6. The monoisotopic (exact) mass is 564 g/mol. The smallest absolute Gasteiger partial charge is 0.343 e. The van der Waals surface area contributed by atoms with Crippen LogP contribution in [0.15, 0.2) is 97.1 Å². The number of carbonyl (C=O) groups excluding carboxylic acids is 2. The molecule has 4 aromatic carbocycles. The van der Waals surface area contributed by atoms with Crippen LogP contribution in [0.3, 0.4) is 0 Å². The molecule has 0 aromatic heterocycles. The molecule has 1 saturated carbocycles. The molecule has 0 radical (unpaired) electrons. The first kappa shape index (κ1) is 29.1. The minimum absolute atomic E-state index is 0.240. The Kier molecular flexibility index (Phi) is 9.03. The van der Waals surface area contributed by atoms with Gasteiger partial charge in [0, 0.05) is 0 Å². The number of ether oxygens (including phenoxy) is 3. The highest BCUT2D eigenvalue weighted by atomic mass is 16.6. The molecule has 0 saturated heterocycles. The van der Waals surface area contributed by atoms with Gasteiger partial charge in [0.15, 0.2) is 0 Å². The van der Waals surface area contributed by atoms with Crippen LogP contribution in [0.25, 0.3) is 22.3 Å². The Hall–Kier alpha value is -4.42. The minimum atomic E-state index is -0.527. The lowest BCUT2D eigenvalue weighted by atomic mass is 9.98. The zero-order valence-electron chi connectivity index (χ0n) is 24.0. The first-order valence-electron chi connectivity index (χ1n) is 14.5. The molecule has 0 heterocycles. The Morgan fingerprint density at radius 2 is 1.12 bits per heavy atom. The maximum absolute atomic E-state index is 12.8. The van der Waals surface area contributed by atoms with Gasteiger partial charge in [-0.2, -0.15) is 0 Å². The lowest BCUT2D eigenvalue weighted by Gasteiger charge is -2.27. The van der Waals surface area contributed by atoms with Crippen molar-refractivity contribution in [3.63, 3.8) is 0 Å². The third-order valence-electron chi connectivity index (χ3n) is 7.79. The van der Waals surface area contributed by atoms with E-state index in [-0.39, 0.29) is 18.2 Å². The lowest BCUT2D eigenvalue weighted by Crippen LogP contribution is -2.31. The van der Waals surface area contributed by atoms with Gasteiger partial charge >= 0.3 is 11.9 Å². The Labute approximate surface area is 246 Å². The van der Waals surface area contributed by atoms with Crippen LogP contribution in [0.5, 0.6) is 11.5 Å². The third kappa shape index (κ3) is 7.07. The number of hydrogen-bond acceptors (Lipinski definition) is 6. The largest absolute Gasteiger partial charge is 0.491 e. The van der Waals surface area contributed by atoms with Gasteiger partial charge in [-0.15, -0.1) is 0 Å². The van der Waals surface area contributed by atoms with E-state index in [4.69, 9.17) is 14.2 Å². The fourth-order valence-electron chi connectivity index (χ4n) is 5.24. The van der Waals surface area contributed by atoms with Gasteiger partial charge in [-0.05, 0) is 110 Å². The van der Waals surface area contributed by atoms with Crippen LogP contribution in [-0.4, -0.2) is 35.4 Å². The number of benzene rings is 4. The van der Waals surface area contributed by atoms with Crippen LogP contribution in [0.4, 0.5) is 0 Å². The number of aliphatic hydroxyl groups is 1. The normalized spacial score (nSPS) is 14.6. The lowest BCUT2D eigenvalue weighted by molar-refractivity contribution is -0.0172. The molecule has 4 aromatic rings. The predicted molar refractivity (Wildman–Crippen MR) is 163 cm³/mol. The van der Waals surface area contributed by atoms with Gasteiger partial charge < -0.3 is 19.3 Å². The maximum Gasteiger partial charge on any atom is 0.343 e. The van der Waals surface area contributed by atoms with E-state index in [0.29, 0.717) is 22.6 Å². The summed E-state index contributed by atoms with van der Waals surface area (Å²) in [5, 5.41) is 9.36. The fourth-order valence-corrected chi connectivity index (χ4v) is 5.24. The summed E-state index contributed by atoms with van der Waals surface area (Å²) in [6.07, 6.45) is 4.41. The van der Waals surface area contributed by atoms with Crippen molar-refractivity contribution in [2.24, 2.45) is 0 Å². The second kappa shape index (κ2) is 13.0. The van der Waals surface area contributed by atoms with E-state index in [1.165, 1.54) is 0 Å². The maximum atomic E-state index is 12.8. The summed E-state index contributed by atoms with van der Waals surface area (Å²) in [4.78, 5) is 25.5. The van der Waals surface area contributed by atoms with Crippen molar-refractivity contribution < 1.29 is 28.9 Å². The summed E-state index contributed by atoms with van der Waals surface area (Å²) in [7, 11) is 0. The molecule has 1 unspecified atom stereocenters. The quantitative estimate of drug-likeness (QED) is 0.156. The molecule has 0 spiro atoms. The van der Waals surface area contributed by atoms with Crippen LogP contribution in [-0.2, 0) is 4.74 Å². The topological polar surface area (TPSA) is 82.1 Å². The Morgan fingerprint density at radius 3 is 1.57 bits per heavy atom. The van der Waals surface area contributed by atoms with Gasteiger partial charge in [0.2, 0.25) is 0 Å². The zero-order valence-corrected chi connectivity index (χ0v) is 24.0. The average Bonchev–Trinajstić information content (AvgIpc) is 3.49. The van der Waals surface area contributed by atoms with Crippen LogP contribution >= 0.6 is 0 Å². The highest BCUT2D eigenvalue weighted by Gasteiger charge is 2.36. The highest BCUT2D eigenvalue weighted by Crippen LogP contribution is 2.36. The molecule has 5 rings (SSSR count). The molecule has 6 nitrogen and oxygen atoms in total. The predicted octanol–water partition coefficient (Wildman–Crippen LogP) is 7.88. The first-order valence-corrected chi connectivity index (χ1v) is 14.5. The molecular weight excluding hydrogens is 528 g/mol. The van der Waals surface area contributed by atoms with Gasteiger partial charge in [-0.3, -0.25) is 0 Å². The summed E-state index contributed by atoms with van der Waals surface area (Å²) in [5.41, 5.74) is 4.53. The van der Waals surface area contributed by atoms with Crippen LogP contribution in [0, 0.1) is 0 Å². The molecule has 6 heteroatoms. The molecule has 216 valence electrons. The summed E-state index contributed by atoms with van der Waals surface area (Å²) in [6.45, 7) is 4.00. The van der Waals surface area contributed by atoms with E-state index in [9.17, 15) is 14.7 Å². The van der Waals surface area contributed by atoms with Crippen LogP contribution in [0.2, 0.25) is 0 Å². The number of aliphatic hydroxyl groups excluding tert-OH is 1. The molecule has 1 fully saturated rings. The van der Waals surface area contributed by atoms with Crippen molar-refractivity contribution in [2.45, 2.75) is 57.7 Å².